The van der Waals surface area contributed by atoms with E-state index in [0.717, 1.165) is 44.4 Å². The van der Waals surface area contributed by atoms with Gasteiger partial charge in [-0.3, -0.25) is 4.79 Å². The Labute approximate surface area is 201 Å². The van der Waals surface area contributed by atoms with Gasteiger partial charge in [-0.05, 0) is 66.0 Å². The van der Waals surface area contributed by atoms with Gasteiger partial charge in [-0.15, -0.1) is 0 Å². The van der Waals surface area contributed by atoms with E-state index in [-0.39, 0.29) is 22.7 Å². The first-order chi connectivity index (χ1) is 15.7. The molecule has 3 nitrogen and oxygen atoms in total. The molecule has 2 aromatic rings. The Morgan fingerprint density at radius 2 is 1.67 bits per heavy atom. The number of ether oxygens (including phenoxy) is 1. The summed E-state index contributed by atoms with van der Waals surface area (Å²) in [6.07, 6.45) is 5.01. The van der Waals surface area contributed by atoms with Crippen molar-refractivity contribution in [3.05, 3.63) is 65.2 Å². The maximum Gasteiger partial charge on any atom is 0.223 e. The number of nitrogens with one attached hydrogen (secondary N) is 1. The number of benzene rings is 2. The molecule has 0 radical (unpaired) electrons. The Morgan fingerprint density at radius 1 is 0.970 bits per heavy atom. The van der Waals surface area contributed by atoms with Gasteiger partial charge < -0.3 is 10.1 Å². The van der Waals surface area contributed by atoms with Crippen molar-refractivity contribution in [1.82, 2.24) is 5.32 Å². The van der Waals surface area contributed by atoms with Gasteiger partial charge in [0.25, 0.3) is 0 Å². The predicted octanol–water partition coefficient (Wildman–Crippen LogP) is 7.14. The van der Waals surface area contributed by atoms with Crippen LogP contribution in [0.15, 0.2) is 48.5 Å². The Morgan fingerprint density at radius 3 is 2.33 bits per heavy atom. The number of rotatable bonds is 12. The molecule has 33 heavy (non-hydrogen) atoms. The summed E-state index contributed by atoms with van der Waals surface area (Å²) < 4.78 is 6.26. The van der Waals surface area contributed by atoms with Gasteiger partial charge in [0, 0.05) is 18.0 Å². The number of unbranched alkanes of at least 4 members (excludes halogenated alkanes) is 1. The van der Waals surface area contributed by atoms with Crippen molar-refractivity contribution in [3.8, 4) is 5.75 Å². The fraction of sp³-hybridized carbons (Fsp3) is 0.567. The lowest BCUT2D eigenvalue weighted by Crippen LogP contribution is -2.26. The van der Waals surface area contributed by atoms with Gasteiger partial charge in [-0.25, -0.2) is 0 Å². The van der Waals surface area contributed by atoms with Crippen LogP contribution in [0.2, 0.25) is 0 Å². The van der Waals surface area contributed by atoms with Gasteiger partial charge in [0.15, 0.2) is 0 Å². The van der Waals surface area contributed by atoms with Crippen LogP contribution >= 0.6 is 0 Å². The van der Waals surface area contributed by atoms with Crippen LogP contribution in [0.4, 0.5) is 0 Å². The van der Waals surface area contributed by atoms with Gasteiger partial charge >= 0.3 is 0 Å². The molecular formula is C30H43NO2. The molecular weight excluding hydrogens is 406 g/mol. The molecule has 1 amide bonds. The molecule has 1 aliphatic rings. The topological polar surface area (TPSA) is 38.3 Å². The van der Waals surface area contributed by atoms with Crippen molar-refractivity contribution in [1.29, 1.82) is 0 Å². The van der Waals surface area contributed by atoms with Crippen molar-refractivity contribution in [2.45, 2.75) is 90.4 Å². The fourth-order valence-corrected chi connectivity index (χ4v) is 4.31. The second kappa shape index (κ2) is 10.8. The van der Waals surface area contributed by atoms with Gasteiger partial charge in [0.05, 0.1) is 6.61 Å². The Hall–Kier alpha value is -2.29. The molecule has 3 rings (SSSR count). The second-order valence-corrected chi connectivity index (χ2v) is 10.9. The third-order valence-corrected chi connectivity index (χ3v) is 7.74. The van der Waals surface area contributed by atoms with E-state index in [4.69, 9.17) is 4.74 Å². The molecule has 0 saturated heterocycles. The number of amides is 1. The molecule has 0 aromatic heterocycles. The number of hydrogen-bond donors (Lipinski definition) is 1. The first-order valence-corrected chi connectivity index (χ1v) is 12.8. The highest BCUT2D eigenvalue weighted by Gasteiger charge is 2.43. The monoisotopic (exact) mass is 449 g/mol. The molecule has 0 heterocycles. The average molecular weight is 450 g/mol. The van der Waals surface area contributed by atoms with E-state index in [1.807, 2.05) is 18.2 Å². The maximum atomic E-state index is 12.4. The van der Waals surface area contributed by atoms with E-state index in [0.29, 0.717) is 12.5 Å². The standard InChI is InChI=1S/C30H43NO2/c1-7-29(3,4)23-16-17-27(26(20-23)30(5,6)8-2)33-19-13-12-18-31-28(32)25-21-24(25)22-14-10-9-11-15-22/h9-11,14-17,20,24-25H,7-8,12-13,18-19,21H2,1-6H3,(H,31,32)/t24-,25-/m0/s1. The number of hydrogen-bond acceptors (Lipinski definition) is 2. The first kappa shape index (κ1) is 25.3. The van der Waals surface area contributed by atoms with E-state index < -0.39 is 0 Å². The molecule has 0 aliphatic heterocycles. The van der Waals surface area contributed by atoms with E-state index in [1.54, 1.807) is 0 Å². The molecule has 1 fully saturated rings. The van der Waals surface area contributed by atoms with Crippen LogP contribution in [0.3, 0.4) is 0 Å². The SMILES string of the molecule is CCC(C)(C)c1ccc(OCCCCNC(=O)[C@H]2C[C@H]2c2ccccc2)c(C(C)(C)CC)c1. The van der Waals surface area contributed by atoms with Gasteiger partial charge in [0.1, 0.15) is 5.75 Å². The Balaban J connectivity index is 1.46. The average Bonchev–Trinajstić information content (AvgIpc) is 3.63. The lowest BCUT2D eigenvalue weighted by molar-refractivity contribution is -0.122. The summed E-state index contributed by atoms with van der Waals surface area (Å²) in [4.78, 5) is 12.4. The highest BCUT2D eigenvalue weighted by atomic mass is 16.5. The zero-order valence-corrected chi connectivity index (χ0v) is 21.5. The lowest BCUT2D eigenvalue weighted by atomic mass is 9.76. The third-order valence-electron chi connectivity index (χ3n) is 7.74. The minimum atomic E-state index is 0.0721. The molecule has 0 bridgehead atoms. The van der Waals surface area contributed by atoms with E-state index in [2.05, 4.69) is 77.2 Å². The van der Waals surface area contributed by atoms with Gasteiger partial charge in [0.2, 0.25) is 5.91 Å². The quantitative estimate of drug-likeness (QED) is 0.350. The van der Waals surface area contributed by atoms with Crippen LogP contribution in [0.5, 0.6) is 5.75 Å². The molecule has 2 aromatic carbocycles. The summed E-state index contributed by atoms with van der Waals surface area (Å²) in [5, 5.41) is 3.12. The van der Waals surface area contributed by atoms with Crippen molar-refractivity contribution in [2.75, 3.05) is 13.2 Å². The van der Waals surface area contributed by atoms with Crippen LogP contribution in [0, 0.1) is 5.92 Å². The molecule has 0 unspecified atom stereocenters. The van der Waals surface area contributed by atoms with Crippen LogP contribution < -0.4 is 10.1 Å². The lowest BCUT2D eigenvalue weighted by Gasteiger charge is -2.30. The molecule has 1 saturated carbocycles. The van der Waals surface area contributed by atoms with Crippen LogP contribution in [-0.4, -0.2) is 19.1 Å². The molecule has 3 heteroatoms. The van der Waals surface area contributed by atoms with E-state index >= 15 is 0 Å². The van der Waals surface area contributed by atoms with Crippen molar-refractivity contribution < 1.29 is 9.53 Å². The number of carbonyl (C=O) groups is 1. The molecule has 0 spiro atoms. The van der Waals surface area contributed by atoms with Crippen LogP contribution in [0.1, 0.15) is 96.3 Å². The van der Waals surface area contributed by atoms with E-state index in [9.17, 15) is 4.79 Å². The first-order valence-electron chi connectivity index (χ1n) is 12.8. The summed E-state index contributed by atoms with van der Waals surface area (Å²) in [6.45, 7) is 15.1. The zero-order valence-electron chi connectivity index (χ0n) is 21.5. The summed E-state index contributed by atoms with van der Waals surface area (Å²) in [6, 6.07) is 17.1. The van der Waals surface area contributed by atoms with E-state index in [1.165, 1.54) is 16.7 Å². The summed E-state index contributed by atoms with van der Waals surface area (Å²) >= 11 is 0. The highest BCUT2D eigenvalue weighted by molar-refractivity contribution is 5.82. The molecule has 2 atom stereocenters. The molecule has 1 aliphatic carbocycles. The normalized spacial score (nSPS) is 18.1. The Bertz CT molecular complexity index is 916. The van der Waals surface area contributed by atoms with Crippen molar-refractivity contribution in [2.24, 2.45) is 5.92 Å². The zero-order chi connectivity index (χ0) is 24.1. The van der Waals surface area contributed by atoms with Crippen molar-refractivity contribution in [3.63, 3.8) is 0 Å². The van der Waals surface area contributed by atoms with Crippen LogP contribution in [0.25, 0.3) is 0 Å². The minimum Gasteiger partial charge on any atom is -0.493 e. The summed E-state index contributed by atoms with van der Waals surface area (Å²) in [5.41, 5.74) is 4.20. The van der Waals surface area contributed by atoms with Crippen molar-refractivity contribution >= 4 is 5.91 Å². The Kier molecular flexibility index (Phi) is 8.26. The smallest absolute Gasteiger partial charge is 0.223 e. The molecule has 1 N–H and O–H groups in total. The maximum absolute atomic E-state index is 12.4. The fourth-order valence-electron chi connectivity index (χ4n) is 4.31. The van der Waals surface area contributed by atoms with Crippen LogP contribution in [-0.2, 0) is 15.6 Å². The third kappa shape index (κ3) is 6.40. The molecule has 180 valence electrons. The predicted molar refractivity (Wildman–Crippen MR) is 138 cm³/mol. The van der Waals surface area contributed by atoms with Gasteiger partial charge in [-0.1, -0.05) is 84.0 Å². The summed E-state index contributed by atoms with van der Waals surface area (Å²) in [5.74, 6) is 1.75. The highest BCUT2D eigenvalue weighted by Crippen LogP contribution is 2.47. The summed E-state index contributed by atoms with van der Waals surface area (Å²) in [7, 11) is 0. The minimum absolute atomic E-state index is 0.0721. The van der Waals surface area contributed by atoms with Gasteiger partial charge in [-0.2, -0.15) is 0 Å². The number of carbonyl (C=O) groups excluding carboxylic acids is 1. The largest absolute Gasteiger partial charge is 0.493 e. The second-order valence-electron chi connectivity index (χ2n) is 10.9.